The molecule has 0 fully saturated rings. The van der Waals surface area contributed by atoms with Crippen molar-refractivity contribution < 1.29 is 9.53 Å². The minimum atomic E-state index is -0.777. The number of pyridine rings is 2. The molecule has 0 saturated carbocycles. The number of hydrogen-bond acceptors (Lipinski definition) is 5. The highest BCUT2D eigenvalue weighted by atomic mass is 16.5. The molecule has 158 valence electrons. The quantitative estimate of drug-likeness (QED) is 0.355. The lowest BCUT2D eigenvalue weighted by Gasteiger charge is -2.08. The van der Waals surface area contributed by atoms with Gasteiger partial charge in [-0.25, -0.2) is 4.98 Å². The molecule has 0 bridgehead atoms. The van der Waals surface area contributed by atoms with E-state index in [2.05, 4.69) is 34.0 Å². The van der Waals surface area contributed by atoms with Crippen LogP contribution in [0.2, 0.25) is 0 Å². The number of fused-ring (bicyclic) bond motifs is 1. The van der Waals surface area contributed by atoms with Gasteiger partial charge in [-0.2, -0.15) is 5.26 Å². The van der Waals surface area contributed by atoms with Gasteiger partial charge >= 0.3 is 0 Å². The maximum Gasteiger partial charge on any atom is 0.259 e. The number of hydrogen-bond donors (Lipinski definition) is 2. The fourth-order valence-electron chi connectivity index (χ4n) is 3.55. The van der Waals surface area contributed by atoms with Gasteiger partial charge in [-0.3, -0.25) is 9.78 Å². The number of benzene rings is 1. The maximum atomic E-state index is 11.5. The number of methoxy groups -OCH3 is 1. The first kappa shape index (κ1) is 20.8. The number of ether oxygens (including phenoxy) is 1. The first-order chi connectivity index (χ1) is 15.5. The largest absolute Gasteiger partial charge is 0.497 e. The van der Waals surface area contributed by atoms with E-state index in [0.29, 0.717) is 11.3 Å². The lowest BCUT2D eigenvalue weighted by molar-refractivity contribution is -0.114. The summed E-state index contributed by atoms with van der Waals surface area (Å²) in [5.41, 5.74) is 11.4. The van der Waals surface area contributed by atoms with E-state index in [-0.39, 0.29) is 5.57 Å². The van der Waals surface area contributed by atoms with E-state index in [9.17, 15) is 10.1 Å². The van der Waals surface area contributed by atoms with Gasteiger partial charge in [-0.05, 0) is 65.6 Å². The van der Waals surface area contributed by atoms with Crippen LogP contribution in [0.5, 0.6) is 5.75 Å². The minimum Gasteiger partial charge on any atom is -0.497 e. The van der Waals surface area contributed by atoms with Gasteiger partial charge in [0.25, 0.3) is 5.91 Å². The van der Waals surface area contributed by atoms with E-state index in [1.54, 1.807) is 19.4 Å². The van der Waals surface area contributed by atoms with Crippen molar-refractivity contribution >= 4 is 23.0 Å². The van der Waals surface area contributed by atoms with Gasteiger partial charge in [0.15, 0.2) is 0 Å². The number of nitriles is 1. The van der Waals surface area contributed by atoms with Crippen molar-refractivity contribution in [2.45, 2.75) is 13.3 Å². The Morgan fingerprint density at radius 3 is 2.75 bits per heavy atom. The second-order valence-corrected chi connectivity index (χ2v) is 7.24. The third-order valence-electron chi connectivity index (χ3n) is 5.22. The van der Waals surface area contributed by atoms with Crippen LogP contribution in [-0.2, 0) is 11.2 Å². The second kappa shape index (κ2) is 8.74. The Morgan fingerprint density at radius 1 is 1.19 bits per heavy atom. The van der Waals surface area contributed by atoms with Gasteiger partial charge in [0.05, 0.1) is 7.11 Å². The topological polar surface area (TPSA) is 118 Å². The van der Waals surface area contributed by atoms with E-state index < -0.39 is 5.91 Å². The molecule has 0 unspecified atom stereocenters. The van der Waals surface area contributed by atoms with Crippen LogP contribution < -0.4 is 10.5 Å². The van der Waals surface area contributed by atoms with Crippen LogP contribution >= 0.6 is 0 Å². The molecule has 7 nitrogen and oxygen atoms in total. The number of nitrogens with zero attached hydrogens (tertiary/aromatic N) is 3. The average molecular weight is 423 g/mol. The number of aryl methyl sites for hydroxylation is 1. The standard InChI is InChI=1S/C25H21N5O2/c1-3-20-9-16(4-5-28-20)23-14-30-25-22(23)11-19(13-29-25)17-6-15(8-21(10-17)32-2)7-18(12-26)24(27)31/h4-11,13-14H,3H2,1-2H3,(H2,27,31)(H,29,30)/b18-7+. The zero-order valence-corrected chi connectivity index (χ0v) is 17.7. The van der Waals surface area contributed by atoms with Crippen LogP contribution in [0.4, 0.5) is 0 Å². The van der Waals surface area contributed by atoms with Gasteiger partial charge in [0, 0.05) is 40.8 Å². The first-order valence-electron chi connectivity index (χ1n) is 10.1. The second-order valence-electron chi connectivity index (χ2n) is 7.24. The molecular weight excluding hydrogens is 402 g/mol. The Kier molecular flexibility index (Phi) is 5.69. The van der Waals surface area contributed by atoms with Crippen molar-refractivity contribution in [1.29, 1.82) is 5.26 Å². The Hall–Kier alpha value is -4.44. The molecule has 7 heteroatoms. The number of rotatable bonds is 6. The van der Waals surface area contributed by atoms with Crippen molar-refractivity contribution in [2.75, 3.05) is 7.11 Å². The summed E-state index contributed by atoms with van der Waals surface area (Å²) in [6.45, 7) is 2.08. The third-order valence-corrected chi connectivity index (χ3v) is 5.22. The van der Waals surface area contributed by atoms with E-state index in [1.165, 1.54) is 6.08 Å². The molecule has 0 aliphatic rings. The number of aromatic amines is 1. The van der Waals surface area contributed by atoms with E-state index in [1.807, 2.05) is 36.7 Å². The number of primary amides is 1. The summed E-state index contributed by atoms with van der Waals surface area (Å²) in [6, 6.07) is 13.4. The molecule has 0 spiro atoms. The predicted molar refractivity (Wildman–Crippen MR) is 123 cm³/mol. The highest BCUT2D eigenvalue weighted by molar-refractivity contribution is 6.01. The lowest BCUT2D eigenvalue weighted by atomic mass is 10.00. The SMILES string of the molecule is CCc1cc(-c2c[nH]c3ncc(-c4cc(/C=C(\C#N)C(N)=O)cc(OC)c4)cc23)ccn1. The lowest BCUT2D eigenvalue weighted by Crippen LogP contribution is -2.12. The number of nitrogens with one attached hydrogen (secondary N) is 1. The van der Waals surface area contributed by atoms with Gasteiger partial charge in [0.1, 0.15) is 23.0 Å². The zero-order valence-electron chi connectivity index (χ0n) is 17.7. The Bertz CT molecular complexity index is 1400. The molecule has 1 aromatic carbocycles. The van der Waals surface area contributed by atoms with Crippen LogP contribution in [-0.4, -0.2) is 28.0 Å². The number of aromatic nitrogens is 3. The summed E-state index contributed by atoms with van der Waals surface area (Å²) in [7, 11) is 1.56. The van der Waals surface area contributed by atoms with Crippen molar-refractivity contribution in [3.8, 4) is 34.1 Å². The van der Waals surface area contributed by atoms with Crippen molar-refractivity contribution in [1.82, 2.24) is 15.0 Å². The summed E-state index contributed by atoms with van der Waals surface area (Å²) < 4.78 is 5.42. The molecule has 0 radical (unpaired) electrons. The monoisotopic (exact) mass is 423 g/mol. The summed E-state index contributed by atoms with van der Waals surface area (Å²) in [5, 5.41) is 10.2. The van der Waals surface area contributed by atoms with Gasteiger partial charge in [-0.1, -0.05) is 6.92 Å². The van der Waals surface area contributed by atoms with Crippen molar-refractivity contribution in [3.63, 3.8) is 0 Å². The normalized spacial score (nSPS) is 11.3. The molecular formula is C25H21N5O2. The molecule has 4 rings (SSSR count). The molecule has 1 amide bonds. The number of H-pyrrole nitrogens is 1. The molecule has 0 aliphatic heterocycles. The van der Waals surface area contributed by atoms with E-state index >= 15 is 0 Å². The summed E-state index contributed by atoms with van der Waals surface area (Å²) >= 11 is 0. The van der Waals surface area contributed by atoms with Crippen LogP contribution in [0, 0.1) is 11.3 Å². The number of carbonyl (C=O) groups excluding carboxylic acids is 1. The van der Waals surface area contributed by atoms with Crippen LogP contribution in [0.15, 0.2) is 60.6 Å². The fraction of sp³-hybridized carbons (Fsp3) is 0.120. The zero-order chi connectivity index (χ0) is 22.7. The number of amides is 1. The molecule has 3 heterocycles. The smallest absolute Gasteiger partial charge is 0.259 e. The summed E-state index contributed by atoms with van der Waals surface area (Å²) in [5.74, 6) is -0.188. The first-order valence-corrected chi connectivity index (χ1v) is 10.1. The average Bonchev–Trinajstić information content (AvgIpc) is 3.25. The van der Waals surface area contributed by atoms with Crippen LogP contribution in [0.1, 0.15) is 18.2 Å². The molecule has 3 N–H and O–H groups in total. The molecule has 0 saturated heterocycles. The maximum absolute atomic E-state index is 11.5. The molecule has 32 heavy (non-hydrogen) atoms. The Morgan fingerprint density at radius 2 is 2.03 bits per heavy atom. The number of nitrogens with two attached hydrogens (primary N) is 1. The van der Waals surface area contributed by atoms with Crippen molar-refractivity contribution in [2.24, 2.45) is 5.73 Å². The molecule has 4 aromatic rings. The molecule has 0 aliphatic carbocycles. The predicted octanol–water partition coefficient (Wildman–Crippen LogP) is 4.26. The van der Waals surface area contributed by atoms with Crippen LogP contribution in [0.25, 0.3) is 39.4 Å². The van der Waals surface area contributed by atoms with Gasteiger partial charge < -0.3 is 15.5 Å². The highest BCUT2D eigenvalue weighted by Gasteiger charge is 2.12. The van der Waals surface area contributed by atoms with Crippen molar-refractivity contribution in [3.05, 3.63) is 71.8 Å². The van der Waals surface area contributed by atoms with Gasteiger partial charge in [0.2, 0.25) is 0 Å². The van der Waals surface area contributed by atoms with Crippen LogP contribution in [0.3, 0.4) is 0 Å². The van der Waals surface area contributed by atoms with E-state index in [0.717, 1.165) is 45.4 Å². The van der Waals surface area contributed by atoms with Gasteiger partial charge in [-0.15, -0.1) is 0 Å². The Labute approximate surface area is 185 Å². The summed E-state index contributed by atoms with van der Waals surface area (Å²) in [6.07, 6.45) is 7.84. The fourth-order valence-corrected chi connectivity index (χ4v) is 3.55. The highest BCUT2D eigenvalue weighted by Crippen LogP contribution is 2.33. The molecule has 0 atom stereocenters. The van der Waals surface area contributed by atoms with E-state index in [4.69, 9.17) is 10.5 Å². The summed E-state index contributed by atoms with van der Waals surface area (Å²) in [4.78, 5) is 23.7. The molecule has 3 aromatic heterocycles. The Balaban J connectivity index is 1.84. The third kappa shape index (κ3) is 4.07. The minimum absolute atomic E-state index is 0.130. The number of carbonyl (C=O) groups is 1.